The fraction of sp³-hybridized carbons (Fsp3) is 0.643. The van der Waals surface area contributed by atoms with Crippen LogP contribution in [0.25, 0.3) is 0 Å². The SMILES string of the molecule is CC1(C)CCC(Oc2cc(CO)c(Cl)cn2)CC1. The maximum Gasteiger partial charge on any atom is 0.213 e. The van der Waals surface area contributed by atoms with E-state index in [-0.39, 0.29) is 12.7 Å². The van der Waals surface area contributed by atoms with E-state index in [2.05, 4.69) is 18.8 Å². The number of aliphatic hydroxyl groups excluding tert-OH is 1. The van der Waals surface area contributed by atoms with E-state index in [1.807, 2.05) is 0 Å². The van der Waals surface area contributed by atoms with Gasteiger partial charge in [-0.25, -0.2) is 4.98 Å². The van der Waals surface area contributed by atoms with Gasteiger partial charge in [0, 0.05) is 17.8 Å². The molecule has 1 heterocycles. The first-order valence-corrected chi connectivity index (χ1v) is 6.80. The molecule has 0 saturated heterocycles. The minimum absolute atomic E-state index is 0.0879. The molecule has 2 rings (SSSR count). The van der Waals surface area contributed by atoms with E-state index in [0.717, 1.165) is 12.8 Å². The average molecular weight is 270 g/mol. The average Bonchev–Trinajstić information content (AvgIpc) is 2.34. The number of pyridine rings is 1. The Morgan fingerprint density at radius 3 is 2.72 bits per heavy atom. The lowest BCUT2D eigenvalue weighted by Gasteiger charge is -2.34. The van der Waals surface area contributed by atoms with Crippen LogP contribution in [0.3, 0.4) is 0 Å². The topological polar surface area (TPSA) is 42.4 Å². The van der Waals surface area contributed by atoms with Crippen molar-refractivity contribution < 1.29 is 9.84 Å². The Bertz CT molecular complexity index is 410. The lowest BCUT2D eigenvalue weighted by molar-refractivity contribution is 0.0947. The molecule has 0 atom stereocenters. The molecule has 0 radical (unpaired) electrons. The molecule has 1 N–H and O–H groups in total. The number of hydrogen-bond acceptors (Lipinski definition) is 3. The second-order valence-corrected chi connectivity index (χ2v) is 6.16. The van der Waals surface area contributed by atoms with Crippen molar-refractivity contribution in [1.82, 2.24) is 4.98 Å². The summed E-state index contributed by atoms with van der Waals surface area (Å²) in [4.78, 5) is 4.15. The number of aromatic nitrogens is 1. The Hall–Kier alpha value is -0.800. The number of ether oxygens (including phenoxy) is 1. The summed E-state index contributed by atoms with van der Waals surface area (Å²) in [6, 6.07) is 1.72. The molecule has 1 fully saturated rings. The molecule has 18 heavy (non-hydrogen) atoms. The summed E-state index contributed by atoms with van der Waals surface area (Å²) < 4.78 is 5.87. The van der Waals surface area contributed by atoms with E-state index in [4.69, 9.17) is 21.4 Å². The largest absolute Gasteiger partial charge is 0.474 e. The third kappa shape index (κ3) is 3.36. The highest BCUT2D eigenvalue weighted by Gasteiger charge is 2.28. The number of halogens is 1. The fourth-order valence-electron chi connectivity index (χ4n) is 2.31. The monoisotopic (exact) mass is 269 g/mol. The molecular formula is C14H20ClNO2. The number of hydrogen-bond donors (Lipinski definition) is 1. The van der Waals surface area contributed by atoms with E-state index in [9.17, 15) is 0 Å². The van der Waals surface area contributed by atoms with Crippen LogP contribution in [-0.4, -0.2) is 16.2 Å². The van der Waals surface area contributed by atoms with Crippen LogP contribution in [0.15, 0.2) is 12.3 Å². The molecule has 0 aromatic carbocycles. The van der Waals surface area contributed by atoms with Gasteiger partial charge in [-0.2, -0.15) is 0 Å². The minimum atomic E-state index is -0.0879. The summed E-state index contributed by atoms with van der Waals surface area (Å²) in [6.07, 6.45) is 6.25. The second kappa shape index (κ2) is 5.45. The Labute approximate surface area is 113 Å². The van der Waals surface area contributed by atoms with Crippen molar-refractivity contribution >= 4 is 11.6 Å². The van der Waals surface area contributed by atoms with Crippen LogP contribution < -0.4 is 4.74 Å². The standard InChI is InChI=1S/C14H20ClNO2/c1-14(2)5-3-11(4-6-14)18-13-7-10(9-17)12(15)8-16-13/h7-8,11,17H,3-6,9H2,1-2H3. The summed E-state index contributed by atoms with van der Waals surface area (Å²) in [5, 5.41) is 9.63. The van der Waals surface area contributed by atoms with Gasteiger partial charge in [0.25, 0.3) is 0 Å². The van der Waals surface area contributed by atoms with Crippen molar-refractivity contribution in [3.05, 3.63) is 22.8 Å². The normalized spacial score (nSPS) is 19.8. The second-order valence-electron chi connectivity index (χ2n) is 5.75. The highest BCUT2D eigenvalue weighted by Crippen LogP contribution is 2.36. The highest BCUT2D eigenvalue weighted by molar-refractivity contribution is 6.31. The van der Waals surface area contributed by atoms with E-state index in [1.165, 1.54) is 19.0 Å². The van der Waals surface area contributed by atoms with Crippen molar-refractivity contribution in [2.75, 3.05) is 0 Å². The lowest BCUT2D eigenvalue weighted by atomic mass is 9.76. The van der Waals surface area contributed by atoms with Crippen LogP contribution in [-0.2, 0) is 6.61 Å². The third-order valence-electron chi connectivity index (χ3n) is 3.65. The van der Waals surface area contributed by atoms with Gasteiger partial charge in [-0.05, 0) is 31.1 Å². The maximum absolute atomic E-state index is 9.15. The molecule has 0 aliphatic heterocycles. The zero-order valence-corrected chi connectivity index (χ0v) is 11.7. The predicted octanol–water partition coefficient (Wildman–Crippen LogP) is 3.57. The van der Waals surface area contributed by atoms with Crippen LogP contribution >= 0.6 is 11.6 Å². The van der Waals surface area contributed by atoms with E-state index in [0.29, 0.717) is 21.9 Å². The number of aliphatic hydroxyl groups is 1. The van der Waals surface area contributed by atoms with Gasteiger partial charge in [-0.1, -0.05) is 25.4 Å². The molecule has 1 aromatic rings. The molecule has 0 amide bonds. The molecular weight excluding hydrogens is 250 g/mol. The van der Waals surface area contributed by atoms with Crippen molar-refractivity contribution in [3.63, 3.8) is 0 Å². The van der Waals surface area contributed by atoms with Gasteiger partial charge >= 0.3 is 0 Å². The van der Waals surface area contributed by atoms with Crippen LogP contribution in [0.2, 0.25) is 5.02 Å². The number of nitrogens with zero attached hydrogens (tertiary/aromatic N) is 1. The van der Waals surface area contributed by atoms with Crippen molar-refractivity contribution in [1.29, 1.82) is 0 Å². The molecule has 1 aliphatic rings. The van der Waals surface area contributed by atoms with Crippen molar-refractivity contribution in [3.8, 4) is 5.88 Å². The Kier molecular flexibility index (Phi) is 4.13. The lowest BCUT2D eigenvalue weighted by Crippen LogP contribution is -2.28. The van der Waals surface area contributed by atoms with Gasteiger partial charge in [-0.3, -0.25) is 0 Å². The van der Waals surface area contributed by atoms with E-state index in [1.54, 1.807) is 6.07 Å². The van der Waals surface area contributed by atoms with Crippen LogP contribution in [0.1, 0.15) is 45.1 Å². The van der Waals surface area contributed by atoms with Crippen LogP contribution in [0, 0.1) is 5.41 Å². The highest BCUT2D eigenvalue weighted by atomic mass is 35.5. The molecule has 4 heteroatoms. The summed E-state index contributed by atoms with van der Waals surface area (Å²) in [5.41, 5.74) is 1.10. The van der Waals surface area contributed by atoms with Gasteiger partial charge < -0.3 is 9.84 Å². The summed E-state index contributed by atoms with van der Waals surface area (Å²) in [5.74, 6) is 0.563. The molecule has 3 nitrogen and oxygen atoms in total. The first kappa shape index (κ1) is 13.6. The van der Waals surface area contributed by atoms with Gasteiger partial charge in [0.1, 0.15) is 6.10 Å². The quantitative estimate of drug-likeness (QED) is 0.912. The van der Waals surface area contributed by atoms with Gasteiger partial charge in [0.05, 0.1) is 11.6 Å². The molecule has 1 aliphatic carbocycles. The molecule has 0 unspecified atom stereocenters. The number of rotatable bonds is 3. The third-order valence-corrected chi connectivity index (χ3v) is 3.99. The van der Waals surface area contributed by atoms with Crippen molar-refractivity contribution in [2.24, 2.45) is 5.41 Å². The van der Waals surface area contributed by atoms with E-state index >= 15 is 0 Å². The Morgan fingerprint density at radius 1 is 1.44 bits per heavy atom. The van der Waals surface area contributed by atoms with Crippen LogP contribution in [0.4, 0.5) is 0 Å². The summed E-state index contributed by atoms with van der Waals surface area (Å²) >= 11 is 5.90. The molecule has 1 saturated carbocycles. The van der Waals surface area contributed by atoms with Gasteiger partial charge in [-0.15, -0.1) is 0 Å². The van der Waals surface area contributed by atoms with Crippen LogP contribution in [0.5, 0.6) is 5.88 Å². The molecule has 0 spiro atoms. The van der Waals surface area contributed by atoms with E-state index < -0.39 is 0 Å². The summed E-state index contributed by atoms with van der Waals surface area (Å²) in [7, 11) is 0. The Balaban J connectivity index is 1.98. The first-order valence-electron chi connectivity index (χ1n) is 6.42. The molecule has 1 aromatic heterocycles. The first-order chi connectivity index (χ1) is 8.50. The zero-order valence-electron chi connectivity index (χ0n) is 10.9. The minimum Gasteiger partial charge on any atom is -0.474 e. The smallest absolute Gasteiger partial charge is 0.213 e. The zero-order chi connectivity index (χ0) is 13.2. The Morgan fingerprint density at radius 2 is 2.11 bits per heavy atom. The van der Waals surface area contributed by atoms with Gasteiger partial charge in [0.2, 0.25) is 5.88 Å². The fourth-order valence-corrected chi connectivity index (χ4v) is 2.47. The molecule has 100 valence electrons. The predicted molar refractivity (Wildman–Crippen MR) is 71.8 cm³/mol. The molecule has 0 bridgehead atoms. The maximum atomic E-state index is 9.15. The van der Waals surface area contributed by atoms with Gasteiger partial charge in [0.15, 0.2) is 0 Å². The van der Waals surface area contributed by atoms with Crippen molar-refractivity contribution in [2.45, 2.75) is 52.2 Å². The summed E-state index contributed by atoms with van der Waals surface area (Å²) in [6.45, 7) is 4.51.